The molecule has 0 aliphatic carbocycles. The molecule has 0 saturated carbocycles. The summed E-state index contributed by atoms with van der Waals surface area (Å²) in [5, 5.41) is 7.13. The van der Waals surface area contributed by atoms with Crippen LogP contribution in [-0.2, 0) is 11.3 Å². The summed E-state index contributed by atoms with van der Waals surface area (Å²) in [5.74, 6) is -0.00877. The molecular weight excluding hydrogens is 468 g/mol. The summed E-state index contributed by atoms with van der Waals surface area (Å²) in [4.78, 5) is 23.0. The molecule has 5 rings (SSSR count). The van der Waals surface area contributed by atoms with Gasteiger partial charge in [0.2, 0.25) is 5.91 Å². The van der Waals surface area contributed by atoms with Crippen LogP contribution in [-0.4, -0.2) is 25.6 Å². The van der Waals surface area contributed by atoms with Crippen LogP contribution in [0.1, 0.15) is 47.9 Å². The Morgan fingerprint density at radius 3 is 2.72 bits per heavy atom. The number of pyridine rings is 2. The molecule has 0 radical (unpaired) electrons. The molecule has 4 heterocycles. The fourth-order valence-electron chi connectivity index (χ4n) is 4.64. The van der Waals surface area contributed by atoms with Gasteiger partial charge in [-0.05, 0) is 78.8 Å². The Bertz CT molecular complexity index is 1370. The second-order valence-corrected chi connectivity index (χ2v) is 9.21. The van der Waals surface area contributed by atoms with E-state index in [-0.39, 0.29) is 18.0 Å². The molecule has 182 valence electrons. The molecule has 7 nitrogen and oxygen atoms in total. The summed E-state index contributed by atoms with van der Waals surface area (Å²) in [6, 6.07) is 19.9. The van der Waals surface area contributed by atoms with Crippen molar-refractivity contribution in [2.75, 3.05) is 10.2 Å². The first-order chi connectivity index (χ1) is 17.5. The predicted octanol–water partition coefficient (Wildman–Crippen LogP) is 5.16. The quantitative estimate of drug-likeness (QED) is 0.344. The molecule has 2 atom stereocenters. The maximum atomic E-state index is 12.0. The van der Waals surface area contributed by atoms with E-state index in [4.69, 9.17) is 12.2 Å². The van der Waals surface area contributed by atoms with Crippen LogP contribution < -0.4 is 15.5 Å². The van der Waals surface area contributed by atoms with Crippen LogP contribution in [0.5, 0.6) is 0 Å². The number of aromatic nitrogens is 3. The third-order valence-electron chi connectivity index (χ3n) is 6.42. The molecule has 0 spiro atoms. The van der Waals surface area contributed by atoms with E-state index in [0.29, 0.717) is 18.1 Å². The average Bonchev–Trinajstić information content (AvgIpc) is 3.49. The van der Waals surface area contributed by atoms with Crippen LogP contribution in [0.4, 0.5) is 11.4 Å². The van der Waals surface area contributed by atoms with Gasteiger partial charge in [0, 0.05) is 54.8 Å². The van der Waals surface area contributed by atoms with Crippen molar-refractivity contribution in [2.24, 2.45) is 0 Å². The van der Waals surface area contributed by atoms with Gasteiger partial charge in [0.1, 0.15) is 6.04 Å². The van der Waals surface area contributed by atoms with E-state index in [1.54, 1.807) is 6.20 Å². The van der Waals surface area contributed by atoms with Gasteiger partial charge in [-0.25, -0.2) is 0 Å². The second kappa shape index (κ2) is 10.3. The van der Waals surface area contributed by atoms with Crippen molar-refractivity contribution in [2.45, 2.75) is 38.9 Å². The summed E-state index contributed by atoms with van der Waals surface area (Å²) in [6.45, 7) is 4.54. The lowest BCUT2D eigenvalue weighted by molar-refractivity contribution is -0.115. The highest BCUT2D eigenvalue weighted by atomic mass is 32.1. The van der Waals surface area contributed by atoms with Crippen LogP contribution in [0.25, 0.3) is 0 Å². The second-order valence-electron chi connectivity index (χ2n) is 8.82. The van der Waals surface area contributed by atoms with Crippen molar-refractivity contribution in [1.82, 2.24) is 19.9 Å². The smallest absolute Gasteiger partial charge is 0.224 e. The number of aryl methyl sites for hydroxylation is 1. The lowest BCUT2D eigenvalue weighted by Gasteiger charge is -2.29. The predicted molar refractivity (Wildman–Crippen MR) is 146 cm³/mol. The van der Waals surface area contributed by atoms with Gasteiger partial charge in [0.05, 0.1) is 11.7 Å². The van der Waals surface area contributed by atoms with Crippen LogP contribution >= 0.6 is 12.2 Å². The number of hydrogen-bond acceptors (Lipinski definition) is 4. The summed E-state index contributed by atoms with van der Waals surface area (Å²) in [6.07, 6.45) is 8.01. The fourth-order valence-corrected chi connectivity index (χ4v) is 4.98. The first-order valence-corrected chi connectivity index (χ1v) is 12.4. The topological polar surface area (TPSA) is 75.1 Å². The SMILES string of the molecule is CCC(=O)Nc1ccc(N2C(=S)N[C@@H](c3ccccn3)[C@H]2c2cccn2Cc2cccnc2)cc1C. The maximum Gasteiger partial charge on any atom is 0.224 e. The zero-order chi connectivity index (χ0) is 25.1. The molecule has 2 N–H and O–H groups in total. The Morgan fingerprint density at radius 1 is 1.11 bits per heavy atom. The molecule has 1 fully saturated rings. The molecule has 36 heavy (non-hydrogen) atoms. The van der Waals surface area contributed by atoms with E-state index in [1.807, 2.05) is 62.6 Å². The van der Waals surface area contributed by atoms with Crippen molar-refractivity contribution < 1.29 is 4.79 Å². The highest BCUT2D eigenvalue weighted by molar-refractivity contribution is 7.80. The summed E-state index contributed by atoms with van der Waals surface area (Å²) in [5.41, 5.74) is 5.89. The lowest BCUT2D eigenvalue weighted by atomic mass is 10.0. The molecule has 3 aromatic heterocycles. The molecule has 1 aliphatic heterocycles. The number of benzene rings is 1. The Kier molecular flexibility index (Phi) is 6.77. The van der Waals surface area contributed by atoms with E-state index in [9.17, 15) is 4.79 Å². The molecule has 8 heteroatoms. The van der Waals surface area contributed by atoms with Gasteiger partial charge in [-0.3, -0.25) is 14.8 Å². The molecule has 0 bridgehead atoms. The molecule has 1 saturated heterocycles. The standard InChI is InChI=1S/C28H28N6OS/c1-3-25(35)31-22-12-11-21(16-19(22)2)34-27(26(32-28(34)36)23-9-4-5-14-30-23)24-10-7-15-33(24)18-20-8-6-13-29-17-20/h4-17,26-27H,3,18H2,1-2H3,(H,31,35)(H,32,36)/t26-,27+/m0/s1. The van der Waals surface area contributed by atoms with Crippen molar-refractivity contribution >= 4 is 34.6 Å². The molecule has 4 aromatic rings. The molecule has 1 amide bonds. The number of carbonyl (C=O) groups excluding carboxylic acids is 1. The number of amides is 1. The largest absolute Gasteiger partial charge is 0.351 e. The summed E-state index contributed by atoms with van der Waals surface area (Å²) >= 11 is 5.89. The highest BCUT2D eigenvalue weighted by Crippen LogP contribution is 2.42. The number of rotatable bonds is 7. The van der Waals surface area contributed by atoms with Crippen molar-refractivity contribution in [3.63, 3.8) is 0 Å². The van der Waals surface area contributed by atoms with Crippen molar-refractivity contribution in [3.8, 4) is 0 Å². The zero-order valence-corrected chi connectivity index (χ0v) is 21.1. The van der Waals surface area contributed by atoms with Crippen LogP contribution in [0.3, 0.4) is 0 Å². The van der Waals surface area contributed by atoms with Gasteiger partial charge in [-0.2, -0.15) is 0 Å². The van der Waals surface area contributed by atoms with Gasteiger partial charge in [0.15, 0.2) is 5.11 Å². The van der Waals surface area contributed by atoms with E-state index < -0.39 is 0 Å². The Hall–Kier alpha value is -4.04. The first-order valence-electron chi connectivity index (χ1n) is 12.0. The van der Waals surface area contributed by atoms with Gasteiger partial charge in [0.25, 0.3) is 0 Å². The minimum atomic E-state index is -0.138. The Balaban J connectivity index is 1.56. The van der Waals surface area contributed by atoms with Gasteiger partial charge in [-0.15, -0.1) is 0 Å². The number of carbonyl (C=O) groups is 1. The van der Waals surface area contributed by atoms with Crippen LogP contribution in [0.2, 0.25) is 0 Å². The van der Waals surface area contributed by atoms with E-state index in [0.717, 1.165) is 33.9 Å². The lowest BCUT2D eigenvalue weighted by Crippen LogP contribution is -2.30. The summed E-state index contributed by atoms with van der Waals surface area (Å²) < 4.78 is 2.24. The molecule has 1 aliphatic rings. The monoisotopic (exact) mass is 496 g/mol. The fraction of sp³-hybridized carbons (Fsp3) is 0.214. The van der Waals surface area contributed by atoms with Gasteiger partial charge >= 0.3 is 0 Å². The van der Waals surface area contributed by atoms with E-state index >= 15 is 0 Å². The maximum absolute atomic E-state index is 12.0. The molecular formula is C28H28N6OS. The Labute approximate surface area is 216 Å². The number of nitrogens with zero attached hydrogens (tertiary/aromatic N) is 4. The van der Waals surface area contributed by atoms with E-state index in [2.05, 4.69) is 60.5 Å². The van der Waals surface area contributed by atoms with E-state index in [1.165, 1.54) is 0 Å². The minimum absolute atomic E-state index is 0.00877. The number of anilines is 2. The first kappa shape index (κ1) is 23.7. The summed E-state index contributed by atoms with van der Waals surface area (Å²) in [7, 11) is 0. The number of nitrogens with one attached hydrogen (secondary N) is 2. The van der Waals surface area contributed by atoms with Crippen molar-refractivity contribution in [3.05, 3.63) is 108 Å². The Morgan fingerprint density at radius 2 is 2.00 bits per heavy atom. The highest BCUT2D eigenvalue weighted by Gasteiger charge is 2.42. The normalized spacial score (nSPS) is 17.2. The third-order valence-corrected chi connectivity index (χ3v) is 6.74. The third kappa shape index (κ3) is 4.72. The molecule has 0 unspecified atom stereocenters. The van der Waals surface area contributed by atoms with Gasteiger partial charge < -0.3 is 20.1 Å². The zero-order valence-electron chi connectivity index (χ0n) is 20.3. The average molecular weight is 497 g/mol. The van der Waals surface area contributed by atoms with Gasteiger partial charge in [-0.1, -0.05) is 19.1 Å². The number of hydrogen-bond donors (Lipinski definition) is 2. The van der Waals surface area contributed by atoms with Crippen molar-refractivity contribution in [1.29, 1.82) is 0 Å². The minimum Gasteiger partial charge on any atom is -0.351 e. The number of thiocarbonyl (C=S) groups is 1. The molecule has 1 aromatic carbocycles. The van der Waals surface area contributed by atoms with Crippen LogP contribution in [0, 0.1) is 6.92 Å². The van der Waals surface area contributed by atoms with Crippen LogP contribution in [0.15, 0.2) is 85.5 Å².